The molecule has 0 aliphatic carbocycles. The van der Waals surface area contributed by atoms with E-state index in [9.17, 15) is 4.79 Å². The molecule has 1 aliphatic heterocycles. The summed E-state index contributed by atoms with van der Waals surface area (Å²) < 4.78 is 5.25. The van der Waals surface area contributed by atoms with Gasteiger partial charge >= 0.3 is 5.97 Å². The van der Waals surface area contributed by atoms with Crippen molar-refractivity contribution in [3.63, 3.8) is 0 Å². The van der Waals surface area contributed by atoms with Crippen LogP contribution in [0.15, 0.2) is 0 Å². The first-order chi connectivity index (χ1) is 7.13. The van der Waals surface area contributed by atoms with E-state index in [4.69, 9.17) is 15.6 Å². The predicted molar refractivity (Wildman–Crippen MR) is 56.3 cm³/mol. The minimum absolute atomic E-state index is 0.00144. The zero-order valence-corrected chi connectivity index (χ0v) is 9.19. The summed E-state index contributed by atoms with van der Waals surface area (Å²) in [4.78, 5) is 13.6. The van der Waals surface area contributed by atoms with E-state index < -0.39 is 12.0 Å². The van der Waals surface area contributed by atoms with Crippen molar-refractivity contribution in [2.75, 3.05) is 26.7 Å². The molecule has 1 rings (SSSR count). The second-order valence-corrected chi connectivity index (χ2v) is 4.06. The van der Waals surface area contributed by atoms with E-state index in [1.165, 1.54) is 0 Å². The lowest BCUT2D eigenvalue weighted by Crippen LogP contribution is -2.40. The van der Waals surface area contributed by atoms with E-state index in [1.54, 1.807) is 0 Å². The molecule has 0 amide bonds. The summed E-state index contributed by atoms with van der Waals surface area (Å²) >= 11 is 0. The topological polar surface area (TPSA) is 75.8 Å². The molecule has 0 aromatic carbocycles. The predicted octanol–water partition coefficient (Wildman–Crippen LogP) is -0.666. The van der Waals surface area contributed by atoms with Gasteiger partial charge in [-0.3, -0.25) is 4.79 Å². The van der Waals surface area contributed by atoms with Crippen molar-refractivity contribution in [3.05, 3.63) is 0 Å². The average Bonchev–Trinajstić information content (AvgIpc) is 2.22. The van der Waals surface area contributed by atoms with Crippen LogP contribution in [0, 0.1) is 0 Å². The van der Waals surface area contributed by atoms with Crippen molar-refractivity contribution >= 4 is 5.97 Å². The van der Waals surface area contributed by atoms with Gasteiger partial charge in [0.15, 0.2) is 0 Å². The molecule has 1 unspecified atom stereocenters. The Labute approximate surface area is 90.2 Å². The molecule has 15 heavy (non-hydrogen) atoms. The minimum Gasteiger partial charge on any atom is -0.461 e. The van der Waals surface area contributed by atoms with Gasteiger partial charge < -0.3 is 20.5 Å². The van der Waals surface area contributed by atoms with Gasteiger partial charge in [-0.05, 0) is 26.3 Å². The van der Waals surface area contributed by atoms with Crippen LogP contribution in [0.5, 0.6) is 0 Å². The second kappa shape index (κ2) is 6.05. The van der Waals surface area contributed by atoms with E-state index >= 15 is 0 Å². The maximum absolute atomic E-state index is 11.4. The molecule has 1 heterocycles. The van der Waals surface area contributed by atoms with Gasteiger partial charge in [0.25, 0.3) is 0 Å². The Kier molecular flexibility index (Phi) is 5.01. The molecular formula is C10H20N2O3. The molecule has 0 radical (unpaired) electrons. The summed E-state index contributed by atoms with van der Waals surface area (Å²) in [5, 5.41) is 8.63. The lowest BCUT2D eigenvalue weighted by Gasteiger charge is -2.29. The zero-order valence-electron chi connectivity index (χ0n) is 9.19. The molecule has 1 fully saturated rings. The van der Waals surface area contributed by atoms with Gasteiger partial charge in [-0.15, -0.1) is 0 Å². The number of rotatable bonds is 4. The Bertz CT molecular complexity index is 203. The van der Waals surface area contributed by atoms with E-state index in [-0.39, 0.29) is 19.1 Å². The van der Waals surface area contributed by atoms with Crippen LogP contribution < -0.4 is 5.73 Å². The van der Waals surface area contributed by atoms with Crippen molar-refractivity contribution in [2.24, 2.45) is 5.73 Å². The van der Waals surface area contributed by atoms with Gasteiger partial charge in [-0.2, -0.15) is 0 Å². The molecule has 3 N–H and O–H groups in total. The third-order valence-corrected chi connectivity index (χ3v) is 2.69. The molecule has 0 saturated carbocycles. The number of aliphatic hydroxyl groups is 1. The number of carbonyl (C=O) groups excluding carboxylic acids is 1. The molecule has 88 valence electrons. The first-order valence-electron chi connectivity index (χ1n) is 5.39. The highest BCUT2D eigenvalue weighted by atomic mass is 16.5. The molecular weight excluding hydrogens is 196 g/mol. The summed E-state index contributed by atoms with van der Waals surface area (Å²) in [7, 11) is 2.05. The Balaban J connectivity index is 2.25. The normalized spacial score (nSPS) is 21.3. The number of nitrogens with two attached hydrogens (primary N) is 1. The first kappa shape index (κ1) is 12.4. The summed E-state index contributed by atoms with van der Waals surface area (Å²) in [6.45, 7) is 1.82. The average molecular weight is 216 g/mol. The number of hydrogen-bond acceptors (Lipinski definition) is 5. The van der Waals surface area contributed by atoms with Crippen LogP contribution in [-0.2, 0) is 9.53 Å². The number of piperidine rings is 1. The summed E-state index contributed by atoms with van der Waals surface area (Å²) in [6, 6.07) is -0.686. The van der Waals surface area contributed by atoms with E-state index in [2.05, 4.69) is 11.9 Å². The third kappa shape index (κ3) is 4.15. The fourth-order valence-electron chi connectivity index (χ4n) is 1.61. The van der Waals surface area contributed by atoms with Crippen molar-refractivity contribution in [1.29, 1.82) is 0 Å². The standard InChI is InChI=1S/C10H20N2O3/c1-12-5-2-8(3-6-12)15-10(14)9(11)4-7-13/h8-9,13H,2-7,11H2,1H3. The maximum Gasteiger partial charge on any atom is 0.323 e. The van der Waals surface area contributed by atoms with Gasteiger partial charge in [0.1, 0.15) is 12.1 Å². The Hall–Kier alpha value is -0.650. The number of nitrogens with zero attached hydrogens (tertiary/aromatic N) is 1. The molecule has 0 spiro atoms. The van der Waals surface area contributed by atoms with Crippen molar-refractivity contribution in [3.8, 4) is 0 Å². The smallest absolute Gasteiger partial charge is 0.323 e. The Morgan fingerprint density at radius 2 is 2.20 bits per heavy atom. The van der Waals surface area contributed by atoms with E-state index in [0.717, 1.165) is 25.9 Å². The molecule has 1 atom stereocenters. The van der Waals surface area contributed by atoms with E-state index in [1.807, 2.05) is 0 Å². The van der Waals surface area contributed by atoms with Crippen molar-refractivity contribution in [2.45, 2.75) is 31.4 Å². The summed E-state index contributed by atoms with van der Waals surface area (Å²) in [6.07, 6.45) is 2.01. The van der Waals surface area contributed by atoms with Crippen LogP contribution in [0.2, 0.25) is 0 Å². The van der Waals surface area contributed by atoms with Crippen LogP contribution >= 0.6 is 0 Å². The second-order valence-electron chi connectivity index (χ2n) is 4.06. The lowest BCUT2D eigenvalue weighted by molar-refractivity contribution is -0.153. The molecule has 5 heteroatoms. The largest absolute Gasteiger partial charge is 0.461 e. The quantitative estimate of drug-likeness (QED) is 0.610. The van der Waals surface area contributed by atoms with Gasteiger partial charge in [0.2, 0.25) is 0 Å². The molecule has 0 bridgehead atoms. The maximum atomic E-state index is 11.4. The molecule has 0 aromatic heterocycles. The van der Waals surface area contributed by atoms with Crippen molar-refractivity contribution < 1.29 is 14.6 Å². The van der Waals surface area contributed by atoms with Gasteiger partial charge in [-0.1, -0.05) is 0 Å². The van der Waals surface area contributed by atoms with Crippen molar-refractivity contribution in [1.82, 2.24) is 4.90 Å². The van der Waals surface area contributed by atoms with Crippen LogP contribution in [0.1, 0.15) is 19.3 Å². The number of likely N-dealkylation sites (tertiary alicyclic amines) is 1. The first-order valence-corrected chi connectivity index (χ1v) is 5.39. The van der Waals surface area contributed by atoms with Crippen LogP contribution in [0.3, 0.4) is 0 Å². The third-order valence-electron chi connectivity index (χ3n) is 2.69. The number of ether oxygens (including phenoxy) is 1. The number of aliphatic hydroxyl groups excluding tert-OH is 1. The van der Waals surface area contributed by atoms with Gasteiger partial charge in [0.05, 0.1) is 0 Å². The monoisotopic (exact) mass is 216 g/mol. The van der Waals surface area contributed by atoms with E-state index in [0.29, 0.717) is 0 Å². The zero-order chi connectivity index (χ0) is 11.3. The summed E-state index contributed by atoms with van der Waals surface area (Å²) in [5.74, 6) is -0.390. The van der Waals surface area contributed by atoms with Gasteiger partial charge in [0, 0.05) is 19.7 Å². The van der Waals surface area contributed by atoms with Crippen LogP contribution in [0.25, 0.3) is 0 Å². The highest BCUT2D eigenvalue weighted by Gasteiger charge is 2.23. The number of carbonyl (C=O) groups is 1. The molecule has 1 aliphatic rings. The number of esters is 1. The Morgan fingerprint density at radius 1 is 1.60 bits per heavy atom. The summed E-state index contributed by atoms with van der Waals surface area (Å²) in [5.41, 5.74) is 5.53. The lowest BCUT2D eigenvalue weighted by atomic mass is 10.1. The Morgan fingerprint density at radius 3 is 2.73 bits per heavy atom. The highest BCUT2D eigenvalue weighted by Crippen LogP contribution is 2.12. The molecule has 0 aromatic rings. The van der Waals surface area contributed by atoms with Gasteiger partial charge in [-0.25, -0.2) is 0 Å². The number of hydrogen-bond donors (Lipinski definition) is 2. The fraction of sp³-hybridized carbons (Fsp3) is 0.900. The minimum atomic E-state index is -0.686. The molecule has 1 saturated heterocycles. The molecule has 5 nitrogen and oxygen atoms in total. The fourth-order valence-corrected chi connectivity index (χ4v) is 1.61. The van der Waals surface area contributed by atoms with Crippen LogP contribution in [-0.4, -0.2) is 54.9 Å². The highest BCUT2D eigenvalue weighted by molar-refractivity contribution is 5.75. The SMILES string of the molecule is CN1CCC(OC(=O)C(N)CCO)CC1. The van der Waals surface area contributed by atoms with Crippen LogP contribution in [0.4, 0.5) is 0 Å².